The van der Waals surface area contributed by atoms with Crippen molar-refractivity contribution >= 4 is 44.5 Å². The molecule has 4 rings (SSSR count). The van der Waals surface area contributed by atoms with Crippen molar-refractivity contribution in [3.63, 3.8) is 0 Å². The standard InChI is InChI=1S/C21H14N2O5S2/c24-20-16-8-2-1-7-15(16)17(23-30(27,28)19-9-4-10-29-19)12-18(20)22-14-6-3-5-13(11-14)21(25)26/h1-12,22H,(H,25,26)/p-1. The third-order valence-corrected chi connectivity index (χ3v) is 6.98. The fourth-order valence-electron chi connectivity index (χ4n) is 2.96. The summed E-state index contributed by atoms with van der Waals surface area (Å²) in [4.78, 5) is 24.0. The van der Waals surface area contributed by atoms with Gasteiger partial charge >= 0.3 is 0 Å². The molecule has 0 spiro atoms. The molecule has 1 aliphatic carbocycles. The highest BCUT2D eigenvalue weighted by Gasteiger charge is 2.26. The van der Waals surface area contributed by atoms with E-state index in [9.17, 15) is 23.1 Å². The summed E-state index contributed by atoms with van der Waals surface area (Å²) in [5, 5.41) is 15.6. The maximum Gasteiger partial charge on any atom is 0.292 e. The van der Waals surface area contributed by atoms with Gasteiger partial charge in [-0.3, -0.25) is 4.79 Å². The number of carbonyl (C=O) groups excluding carboxylic acids is 2. The first-order valence-electron chi connectivity index (χ1n) is 8.68. The van der Waals surface area contributed by atoms with Gasteiger partial charge in [0.15, 0.2) is 0 Å². The fraction of sp³-hybridized carbons (Fsp3) is 0. The Balaban J connectivity index is 1.80. The van der Waals surface area contributed by atoms with Gasteiger partial charge in [0.2, 0.25) is 5.78 Å². The SMILES string of the molecule is O=C([O-])c1cccc(NC2=CC(=NS(=O)(=O)c3cccs3)c3ccccc3C2=O)c1. The molecule has 1 heterocycles. The summed E-state index contributed by atoms with van der Waals surface area (Å²) < 4.78 is 29.3. The van der Waals surface area contributed by atoms with E-state index in [0.717, 1.165) is 11.3 Å². The monoisotopic (exact) mass is 437 g/mol. The quantitative estimate of drug-likeness (QED) is 0.656. The fourth-order valence-corrected chi connectivity index (χ4v) is 4.93. The van der Waals surface area contributed by atoms with Crippen LogP contribution in [0.5, 0.6) is 0 Å². The number of sulfonamides is 1. The first-order chi connectivity index (χ1) is 14.3. The van der Waals surface area contributed by atoms with Crippen molar-refractivity contribution in [1.82, 2.24) is 0 Å². The molecule has 0 aliphatic heterocycles. The van der Waals surface area contributed by atoms with Crippen LogP contribution < -0.4 is 10.4 Å². The largest absolute Gasteiger partial charge is 0.545 e. The van der Waals surface area contributed by atoms with Gasteiger partial charge in [-0.15, -0.1) is 11.3 Å². The Morgan fingerprint density at radius 2 is 1.77 bits per heavy atom. The molecular formula is C21H13N2O5S2-. The van der Waals surface area contributed by atoms with Crippen LogP contribution in [0, 0.1) is 0 Å². The van der Waals surface area contributed by atoms with Gasteiger partial charge in [0.25, 0.3) is 10.0 Å². The Kier molecular flexibility index (Phi) is 5.06. The van der Waals surface area contributed by atoms with E-state index in [2.05, 4.69) is 9.71 Å². The lowest BCUT2D eigenvalue weighted by atomic mass is 9.92. The minimum absolute atomic E-state index is 0.0570. The van der Waals surface area contributed by atoms with Crippen molar-refractivity contribution in [3.8, 4) is 0 Å². The maximum absolute atomic E-state index is 12.9. The number of nitrogens with one attached hydrogen (secondary N) is 1. The Labute approximate surface area is 176 Å². The third-order valence-electron chi connectivity index (χ3n) is 4.32. The molecule has 0 fully saturated rings. The number of carboxylic acids is 1. The Morgan fingerprint density at radius 3 is 2.47 bits per heavy atom. The van der Waals surface area contributed by atoms with Crippen LogP contribution in [0.25, 0.3) is 0 Å². The lowest BCUT2D eigenvalue weighted by molar-refractivity contribution is -0.255. The first kappa shape index (κ1) is 19.7. The van der Waals surface area contributed by atoms with E-state index in [0.29, 0.717) is 16.8 Å². The number of thiophene rings is 1. The minimum atomic E-state index is -3.95. The summed E-state index contributed by atoms with van der Waals surface area (Å²) in [5.74, 6) is -1.71. The molecule has 9 heteroatoms. The second-order valence-electron chi connectivity index (χ2n) is 6.31. The van der Waals surface area contributed by atoms with E-state index in [1.54, 1.807) is 41.8 Å². The van der Waals surface area contributed by atoms with Crippen molar-refractivity contribution in [1.29, 1.82) is 0 Å². The zero-order valence-electron chi connectivity index (χ0n) is 15.2. The van der Waals surface area contributed by atoms with Crippen LogP contribution in [0.15, 0.2) is 86.4 Å². The van der Waals surface area contributed by atoms with Crippen LogP contribution in [0.2, 0.25) is 0 Å². The highest BCUT2D eigenvalue weighted by molar-refractivity contribution is 7.92. The Morgan fingerprint density at radius 1 is 1.00 bits per heavy atom. The molecule has 30 heavy (non-hydrogen) atoms. The number of carbonyl (C=O) groups is 2. The first-order valence-corrected chi connectivity index (χ1v) is 11.0. The Hall–Kier alpha value is -3.56. The summed E-state index contributed by atoms with van der Waals surface area (Å²) in [7, 11) is -3.95. The lowest BCUT2D eigenvalue weighted by Gasteiger charge is -2.19. The van der Waals surface area contributed by atoms with E-state index >= 15 is 0 Å². The molecule has 150 valence electrons. The summed E-state index contributed by atoms with van der Waals surface area (Å²) in [6.07, 6.45) is 1.35. The van der Waals surface area contributed by atoms with Crippen LogP contribution in [0.1, 0.15) is 26.3 Å². The molecule has 0 unspecified atom stereocenters. The van der Waals surface area contributed by atoms with Gasteiger partial charge in [0.05, 0.1) is 17.4 Å². The second-order valence-corrected chi connectivity index (χ2v) is 9.09. The van der Waals surface area contributed by atoms with Gasteiger partial charge in [0.1, 0.15) is 4.21 Å². The van der Waals surface area contributed by atoms with Gasteiger partial charge in [-0.05, 0) is 35.2 Å². The summed E-state index contributed by atoms with van der Waals surface area (Å²) in [6.45, 7) is 0. The molecule has 1 aromatic heterocycles. The van der Waals surface area contributed by atoms with Crippen molar-refractivity contribution in [3.05, 3.63) is 94.5 Å². The third kappa shape index (κ3) is 3.80. The normalized spacial score (nSPS) is 14.9. The maximum atomic E-state index is 12.9. The lowest BCUT2D eigenvalue weighted by Crippen LogP contribution is -2.24. The number of aromatic carboxylic acids is 1. The minimum Gasteiger partial charge on any atom is -0.545 e. The average Bonchev–Trinajstić information content (AvgIpc) is 3.27. The number of allylic oxidation sites excluding steroid dienone is 2. The molecule has 0 radical (unpaired) electrons. The number of benzene rings is 2. The molecule has 3 aromatic rings. The molecule has 0 bridgehead atoms. The molecule has 0 amide bonds. The van der Waals surface area contributed by atoms with Crippen molar-refractivity contribution in [2.45, 2.75) is 4.21 Å². The molecule has 1 aliphatic rings. The highest BCUT2D eigenvalue weighted by Crippen LogP contribution is 2.26. The van der Waals surface area contributed by atoms with E-state index in [1.807, 2.05) is 0 Å². The average molecular weight is 437 g/mol. The molecule has 7 nitrogen and oxygen atoms in total. The molecule has 2 aromatic carbocycles. The highest BCUT2D eigenvalue weighted by atomic mass is 32.2. The van der Waals surface area contributed by atoms with Gasteiger partial charge in [-0.25, -0.2) is 0 Å². The zero-order chi connectivity index (χ0) is 21.3. The van der Waals surface area contributed by atoms with Gasteiger partial charge in [-0.2, -0.15) is 12.8 Å². The number of rotatable bonds is 5. The number of anilines is 1. The van der Waals surface area contributed by atoms with Crippen molar-refractivity contribution in [2.24, 2.45) is 4.40 Å². The molecule has 0 saturated carbocycles. The molecule has 1 N–H and O–H groups in total. The van der Waals surface area contributed by atoms with Gasteiger partial charge < -0.3 is 15.2 Å². The van der Waals surface area contributed by atoms with Crippen molar-refractivity contribution < 1.29 is 23.1 Å². The summed E-state index contributed by atoms with van der Waals surface area (Å²) in [5.41, 5.74) is 1.16. The van der Waals surface area contributed by atoms with E-state index in [1.165, 1.54) is 30.3 Å². The summed E-state index contributed by atoms with van der Waals surface area (Å²) >= 11 is 1.05. The van der Waals surface area contributed by atoms with Gasteiger partial charge in [-0.1, -0.05) is 42.5 Å². The number of hydrogen-bond acceptors (Lipinski definition) is 7. The zero-order valence-corrected chi connectivity index (χ0v) is 16.9. The number of ketones is 1. The number of fused-ring (bicyclic) bond motifs is 1. The van der Waals surface area contributed by atoms with Crippen LogP contribution in [0.3, 0.4) is 0 Å². The predicted molar refractivity (Wildman–Crippen MR) is 111 cm³/mol. The number of nitrogens with zero attached hydrogens (tertiary/aromatic N) is 1. The van der Waals surface area contributed by atoms with E-state index in [4.69, 9.17) is 0 Å². The molecule has 0 atom stereocenters. The predicted octanol–water partition coefficient (Wildman–Crippen LogP) is 2.48. The van der Waals surface area contributed by atoms with Crippen LogP contribution in [0.4, 0.5) is 5.69 Å². The number of Topliss-reactive ketones (excluding diaryl/α,β-unsaturated/α-hetero) is 1. The van der Waals surface area contributed by atoms with Crippen LogP contribution in [-0.4, -0.2) is 25.9 Å². The smallest absolute Gasteiger partial charge is 0.292 e. The summed E-state index contributed by atoms with van der Waals surface area (Å²) in [6, 6.07) is 15.4. The Bertz CT molecular complexity index is 1320. The molecular weight excluding hydrogens is 424 g/mol. The topological polar surface area (TPSA) is 116 Å². The number of hydrogen-bond donors (Lipinski definition) is 1. The van der Waals surface area contributed by atoms with Gasteiger partial charge in [0, 0.05) is 16.8 Å². The van der Waals surface area contributed by atoms with Crippen LogP contribution in [-0.2, 0) is 10.0 Å². The van der Waals surface area contributed by atoms with Crippen molar-refractivity contribution in [2.75, 3.05) is 5.32 Å². The van der Waals surface area contributed by atoms with Crippen LogP contribution >= 0.6 is 11.3 Å². The second kappa shape index (κ2) is 7.69. The molecule has 0 saturated heterocycles. The van der Waals surface area contributed by atoms with E-state index < -0.39 is 16.0 Å². The van der Waals surface area contributed by atoms with E-state index in [-0.39, 0.29) is 27.0 Å². The number of carboxylic acid groups (broad SMARTS) is 1.